The molecular formula is C16H21N5O2. The molecule has 2 fully saturated rings. The summed E-state index contributed by atoms with van der Waals surface area (Å²) in [6.07, 6.45) is 5.08. The molecule has 1 amide bonds. The smallest absolute Gasteiger partial charge is 0.271 e. The van der Waals surface area contributed by atoms with Gasteiger partial charge in [0.05, 0.1) is 5.69 Å². The quantitative estimate of drug-likeness (QED) is 0.876. The molecule has 0 radical (unpaired) electrons. The van der Waals surface area contributed by atoms with Crippen LogP contribution in [0.4, 0.5) is 0 Å². The van der Waals surface area contributed by atoms with E-state index in [-0.39, 0.29) is 17.9 Å². The van der Waals surface area contributed by atoms with Crippen molar-refractivity contribution in [3.8, 4) is 0 Å². The maximum absolute atomic E-state index is 12.3. The van der Waals surface area contributed by atoms with Crippen LogP contribution in [0.25, 0.3) is 0 Å². The highest BCUT2D eigenvalue weighted by atomic mass is 16.5. The number of carbonyl (C=O) groups is 1. The maximum atomic E-state index is 12.3. The highest BCUT2D eigenvalue weighted by Crippen LogP contribution is 2.39. The van der Waals surface area contributed by atoms with Crippen molar-refractivity contribution in [3.05, 3.63) is 35.4 Å². The Kier molecular flexibility index (Phi) is 3.65. The fraction of sp³-hybridized carbons (Fsp3) is 0.562. The molecule has 3 heterocycles. The molecule has 2 atom stereocenters. The van der Waals surface area contributed by atoms with Gasteiger partial charge in [0, 0.05) is 43.9 Å². The fourth-order valence-electron chi connectivity index (χ4n) is 3.20. The molecule has 0 unspecified atom stereocenters. The molecular weight excluding hydrogens is 294 g/mol. The molecule has 0 spiro atoms. The van der Waals surface area contributed by atoms with Crippen LogP contribution in [0, 0.1) is 5.92 Å². The Morgan fingerprint density at radius 3 is 3.09 bits per heavy atom. The summed E-state index contributed by atoms with van der Waals surface area (Å²) in [6, 6.07) is 3.84. The summed E-state index contributed by atoms with van der Waals surface area (Å²) in [4.78, 5) is 12.3. The molecule has 2 N–H and O–H groups in total. The number of nitrogens with zero attached hydrogens (tertiary/aromatic N) is 3. The monoisotopic (exact) mass is 315 g/mol. The van der Waals surface area contributed by atoms with Crippen LogP contribution in [0.2, 0.25) is 0 Å². The average Bonchev–Trinajstić information content (AvgIpc) is 2.96. The molecule has 0 bridgehead atoms. The lowest BCUT2D eigenvalue weighted by Gasteiger charge is -2.18. The van der Waals surface area contributed by atoms with E-state index in [1.807, 2.05) is 23.9 Å². The van der Waals surface area contributed by atoms with Gasteiger partial charge in [-0.2, -0.15) is 10.2 Å². The molecule has 7 heteroatoms. The average molecular weight is 315 g/mol. The summed E-state index contributed by atoms with van der Waals surface area (Å²) >= 11 is 0. The number of aromatic nitrogens is 4. The highest BCUT2D eigenvalue weighted by molar-refractivity contribution is 5.92. The Bertz CT molecular complexity index is 703. The number of aryl methyl sites for hydroxylation is 1. The van der Waals surface area contributed by atoms with E-state index in [2.05, 4.69) is 20.6 Å². The van der Waals surface area contributed by atoms with Gasteiger partial charge in [0.2, 0.25) is 0 Å². The van der Waals surface area contributed by atoms with Gasteiger partial charge in [-0.1, -0.05) is 0 Å². The highest BCUT2D eigenvalue weighted by Gasteiger charge is 2.32. The summed E-state index contributed by atoms with van der Waals surface area (Å²) < 4.78 is 7.67. The van der Waals surface area contributed by atoms with Gasteiger partial charge in [-0.05, 0) is 31.4 Å². The van der Waals surface area contributed by atoms with Crippen LogP contribution >= 0.6 is 0 Å². The SMILES string of the molecule is Cn1nccc1[C@@H]1OCC[C@H]1CNC(=O)c1cc(C2CC2)[nH]n1. The first kappa shape index (κ1) is 14.4. The Labute approximate surface area is 134 Å². The normalized spacial score (nSPS) is 24.0. The van der Waals surface area contributed by atoms with Crippen LogP contribution in [0.1, 0.15) is 53.2 Å². The number of carbonyl (C=O) groups excluding carboxylic acids is 1. The van der Waals surface area contributed by atoms with E-state index >= 15 is 0 Å². The van der Waals surface area contributed by atoms with Gasteiger partial charge in [0.1, 0.15) is 11.8 Å². The molecule has 7 nitrogen and oxygen atoms in total. The van der Waals surface area contributed by atoms with E-state index in [1.165, 1.54) is 12.8 Å². The minimum absolute atomic E-state index is 0.0102. The molecule has 0 aromatic carbocycles. The molecule has 23 heavy (non-hydrogen) atoms. The maximum Gasteiger partial charge on any atom is 0.271 e. The minimum atomic E-state index is -0.121. The van der Waals surface area contributed by atoms with Crippen LogP contribution in [0.3, 0.4) is 0 Å². The van der Waals surface area contributed by atoms with Gasteiger partial charge >= 0.3 is 0 Å². The molecule has 2 aliphatic rings. The van der Waals surface area contributed by atoms with Crippen molar-refractivity contribution in [3.63, 3.8) is 0 Å². The van der Waals surface area contributed by atoms with Crippen LogP contribution in [-0.4, -0.2) is 39.0 Å². The first-order chi connectivity index (χ1) is 11.2. The van der Waals surface area contributed by atoms with Gasteiger partial charge in [-0.15, -0.1) is 0 Å². The molecule has 4 rings (SSSR count). The lowest BCUT2D eigenvalue weighted by Crippen LogP contribution is -2.31. The van der Waals surface area contributed by atoms with Crippen molar-refractivity contribution in [1.82, 2.24) is 25.3 Å². The van der Waals surface area contributed by atoms with Gasteiger partial charge in [0.15, 0.2) is 0 Å². The second-order valence-electron chi connectivity index (χ2n) is 6.41. The predicted molar refractivity (Wildman–Crippen MR) is 82.9 cm³/mol. The zero-order valence-electron chi connectivity index (χ0n) is 13.2. The lowest BCUT2D eigenvalue weighted by atomic mass is 9.99. The van der Waals surface area contributed by atoms with Crippen LogP contribution in [-0.2, 0) is 11.8 Å². The lowest BCUT2D eigenvalue weighted by molar-refractivity contribution is 0.0799. The van der Waals surface area contributed by atoms with E-state index in [4.69, 9.17) is 4.74 Å². The second-order valence-corrected chi connectivity index (χ2v) is 6.41. The minimum Gasteiger partial charge on any atom is -0.372 e. The molecule has 2 aromatic rings. The van der Waals surface area contributed by atoms with Gasteiger partial charge in [-0.3, -0.25) is 14.6 Å². The van der Waals surface area contributed by atoms with Crippen molar-refractivity contribution in [1.29, 1.82) is 0 Å². The summed E-state index contributed by atoms with van der Waals surface area (Å²) in [6.45, 7) is 1.30. The first-order valence-electron chi connectivity index (χ1n) is 8.15. The van der Waals surface area contributed by atoms with Crippen molar-refractivity contribution >= 4 is 5.91 Å². The molecule has 2 aromatic heterocycles. The standard InChI is InChI=1S/C16H21N5O2/c1-21-14(4-6-18-21)15-11(5-7-23-15)9-17-16(22)13-8-12(19-20-13)10-2-3-10/h4,6,8,10-11,15H,2-3,5,7,9H2,1H3,(H,17,22)(H,19,20)/t11-,15+/m0/s1. The van der Waals surface area contributed by atoms with Crippen LogP contribution in [0.5, 0.6) is 0 Å². The van der Waals surface area contributed by atoms with Crippen molar-refractivity contribution in [2.45, 2.75) is 31.3 Å². The third kappa shape index (κ3) is 2.88. The number of hydrogen-bond acceptors (Lipinski definition) is 4. The largest absolute Gasteiger partial charge is 0.372 e. The molecule has 1 saturated heterocycles. The molecule has 1 aliphatic heterocycles. The first-order valence-corrected chi connectivity index (χ1v) is 8.15. The van der Waals surface area contributed by atoms with Gasteiger partial charge in [0.25, 0.3) is 5.91 Å². The third-order valence-corrected chi connectivity index (χ3v) is 4.74. The number of H-pyrrole nitrogens is 1. The zero-order valence-corrected chi connectivity index (χ0v) is 13.2. The van der Waals surface area contributed by atoms with Crippen LogP contribution < -0.4 is 5.32 Å². The zero-order chi connectivity index (χ0) is 15.8. The summed E-state index contributed by atoms with van der Waals surface area (Å²) in [7, 11) is 1.91. The number of ether oxygens (including phenoxy) is 1. The number of hydrogen-bond donors (Lipinski definition) is 2. The number of rotatable bonds is 5. The Morgan fingerprint density at radius 1 is 1.48 bits per heavy atom. The van der Waals surface area contributed by atoms with Crippen molar-refractivity contribution in [2.75, 3.05) is 13.2 Å². The van der Waals surface area contributed by atoms with E-state index in [1.54, 1.807) is 6.20 Å². The molecule has 1 saturated carbocycles. The third-order valence-electron chi connectivity index (χ3n) is 4.74. The summed E-state index contributed by atoms with van der Waals surface area (Å²) in [5.41, 5.74) is 2.60. The number of aromatic amines is 1. The Hall–Kier alpha value is -2.15. The van der Waals surface area contributed by atoms with E-state index in [9.17, 15) is 4.79 Å². The van der Waals surface area contributed by atoms with E-state index < -0.39 is 0 Å². The predicted octanol–water partition coefficient (Wildman–Crippen LogP) is 1.53. The summed E-state index contributed by atoms with van der Waals surface area (Å²) in [5, 5.41) is 14.3. The van der Waals surface area contributed by atoms with Crippen molar-refractivity contribution < 1.29 is 9.53 Å². The number of nitrogens with one attached hydrogen (secondary N) is 2. The summed E-state index contributed by atoms with van der Waals surface area (Å²) in [5.74, 6) is 0.710. The van der Waals surface area contributed by atoms with Crippen molar-refractivity contribution in [2.24, 2.45) is 13.0 Å². The second kappa shape index (κ2) is 5.81. The Morgan fingerprint density at radius 2 is 2.35 bits per heavy atom. The van der Waals surface area contributed by atoms with E-state index in [0.717, 1.165) is 17.8 Å². The molecule has 122 valence electrons. The molecule has 1 aliphatic carbocycles. The number of amides is 1. The fourth-order valence-corrected chi connectivity index (χ4v) is 3.20. The van der Waals surface area contributed by atoms with Crippen LogP contribution in [0.15, 0.2) is 18.3 Å². The van der Waals surface area contributed by atoms with Gasteiger partial charge < -0.3 is 10.1 Å². The Balaban J connectivity index is 1.37. The topological polar surface area (TPSA) is 84.8 Å². The van der Waals surface area contributed by atoms with Gasteiger partial charge in [-0.25, -0.2) is 0 Å². The van der Waals surface area contributed by atoms with E-state index in [0.29, 0.717) is 24.8 Å².